The second kappa shape index (κ2) is 11.8. The fourth-order valence-electron chi connectivity index (χ4n) is 2.17. The van der Waals surface area contributed by atoms with Gasteiger partial charge in [-0.25, -0.2) is 0 Å². The number of hydrogen-bond donors (Lipinski definition) is 1. The lowest BCUT2D eigenvalue weighted by atomic mass is 10.2. The van der Waals surface area contributed by atoms with Crippen molar-refractivity contribution in [1.82, 2.24) is 10.2 Å². The Labute approximate surface area is 140 Å². The molecule has 1 rings (SSSR count). The number of benzene rings is 1. The highest BCUT2D eigenvalue weighted by atomic mass is 16.5. The summed E-state index contributed by atoms with van der Waals surface area (Å²) in [7, 11) is 2.06. The first-order valence-corrected chi connectivity index (χ1v) is 8.50. The molecule has 0 aromatic heterocycles. The fraction of sp³-hybridized carbons (Fsp3) is 0.611. The molecule has 0 heterocycles. The van der Waals surface area contributed by atoms with Crippen LogP contribution in [-0.4, -0.2) is 50.8 Å². The van der Waals surface area contributed by atoms with Crippen LogP contribution in [0.3, 0.4) is 0 Å². The van der Waals surface area contributed by atoms with Crippen LogP contribution in [-0.2, 0) is 11.3 Å². The van der Waals surface area contributed by atoms with Crippen LogP contribution < -0.4 is 10.1 Å². The summed E-state index contributed by atoms with van der Waals surface area (Å²) >= 11 is 0. The SMILES string of the molecule is CCNC(=NCCCOCC)N(C)Cc1ccc(OCC)cc1. The van der Waals surface area contributed by atoms with E-state index in [1.807, 2.05) is 26.0 Å². The summed E-state index contributed by atoms with van der Waals surface area (Å²) in [4.78, 5) is 6.79. The highest BCUT2D eigenvalue weighted by molar-refractivity contribution is 5.79. The van der Waals surface area contributed by atoms with Crippen molar-refractivity contribution in [2.24, 2.45) is 4.99 Å². The highest BCUT2D eigenvalue weighted by Crippen LogP contribution is 2.13. The summed E-state index contributed by atoms with van der Waals surface area (Å²) in [5, 5.41) is 3.34. The van der Waals surface area contributed by atoms with Gasteiger partial charge in [0.05, 0.1) is 6.61 Å². The van der Waals surface area contributed by atoms with Gasteiger partial charge in [-0.05, 0) is 44.9 Å². The third-order valence-electron chi connectivity index (χ3n) is 3.26. The minimum Gasteiger partial charge on any atom is -0.494 e. The Morgan fingerprint density at radius 1 is 1.13 bits per heavy atom. The molecule has 0 saturated heterocycles. The molecule has 0 saturated carbocycles. The normalized spacial score (nSPS) is 11.4. The number of nitrogens with one attached hydrogen (secondary N) is 1. The molecule has 0 fully saturated rings. The number of guanidine groups is 1. The minimum absolute atomic E-state index is 0.693. The van der Waals surface area contributed by atoms with E-state index >= 15 is 0 Å². The van der Waals surface area contributed by atoms with Crippen molar-refractivity contribution in [2.45, 2.75) is 33.7 Å². The molecule has 130 valence electrons. The van der Waals surface area contributed by atoms with E-state index in [-0.39, 0.29) is 0 Å². The van der Waals surface area contributed by atoms with Gasteiger partial charge in [0.1, 0.15) is 5.75 Å². The average Bonchev–Trinajstić information content (AvgIpc) is 2.55. The van der Waals surface area contributed by atoms with Crippen molar-refractivity contribution >= 4 is 5.96 Å². The summed E-state index contributed by atoms with van der Waals surface area (Å²) in [5.41, 5.74) is 1.23. The maximum absolute atomic E-state index is 5.48. The van der Waals surface area contributed by atoms with Crippen molar-refractivity contribution in [1.29, 1.82) is 0 Å². The molecule has 1 aromatic rings. The number of ether oxygens (including phenoxy) is 2. The Bertz CT molecular complexity index is 446. The summed E-state index contributed by atoms with van der Waals surface area (Å²) in [6.07, 6.45) is 0.944. The van der Waals surface area contributed by atoms with Gasteiger partial charge in [0, 0.05) is 39.9 Å². The van der Waals surface area contributed by atoms with Gasteiger partial charge in [0.25, 0.3) is 0 Å². The predicted molar refractivity (Wildman–Crippen MR) is 96.2 cm³/mol. The van der Waals surface area contributed by atoms with E-state index in [4.69, 9.17) is 9.47 Å². The number of aliphatic imine (C=N–C) groups is 1. The maximum Gasteiger partial charge on any atom is 0.193 e. The summed E-state index contributed by atoms with van der Waals surface area (Å²) in [6.45, 7) is 10.8. The third-order valence-corrected chi connectivity index (χ3v) is 3.26. The van der Waals surface area contributed by atoms with Gasteiger partial charge in [0.2, 0.25) is 0 Å². The summed E-state index contributed by atoms with van der Waals surface area (Å²) in [5.74, 6) is 1.84. The Hall–Kier alpha value is -1.75. The summed E-state index contributed by atoms with van der Waals surface area (Å²) in [6, 6.07) is 8.22. The number of nitrogens with zero attached hydrogens (tertiary/aromatic N) is 2. The van der Waals surface area contributed by atoms with Crippen molar-refractivity contribution in [3.8, 4) is 5.75 Å². The monoisotopic (exact) mass is 321 g/mol. The molecule has 0 aliphatic rings. The zero-order valence-electron chi connectivity index (χ0n) is 15.0. The lowest BCUT2D eigenvalue weighted by Gasteiger charge is -2.22. The lowest BCUT2D eigenvalue weighted by Crippen LogP contribution is -2.38. The van der Waals surface area contributed by atoms with Crippen molar-refractivity contribution < 1.29 is 9.47 Å². The topological polar surface area (TPSA) is 46.1 Å². The van der Waals surface area contributed by atoms with Crippen molar-refractivity contribution in [2.75, 3.05) is 40.0 Å². The van der Waals surface area contributed by atoms with Crippen molar-refractivity contribution in [3.63, 3.8) is 0 Å². The molecule has 0 radical (unpaired) electrons. The smallest absolute Gasteiger partial charge is 0.193 e. The molecular formula is C18H31N3O2. The van der Waals surface area contributed by atoms with E-state index in [9.17, 15) is 0 Å². The van der Waals surface area contributed by atoms with E-state index < -0.39 is 0 Å². The first kappa shape index (κ1) is 19.3. The molecule has 5 heteroatoms. The Balaban J connectivity index is 2.55. The van der Waals surface area contributed by atoms with Gasteiger partial charge in [0.15, 0.2) is 5.96 Å². The van der Waals surface area contributed by atoms with Gasteiger partial charge in [-0.3, -0.25) is 4.99 Å². The van der Waals surface area contributed by atoms with Crippen LogP contribution in [0.1, 0.15) is 32.8 Å². The molecule has 0 aliphatic carbocycles. The fourth-order valence-corrected chi connectivity index (χ4v) is 2.17. The quantitative estimate of drug-likeness (QED) is 0.409. The molecule has 1 N–H and O–H groups in total. The molecule has 1 aromatic carbocycles. The molecule has 0 bridgehead atoms. The van der Waals surface area contributed by atoms with Crippen LogP contribution in [0.2, 0.25) is 0 Å². The van der Waals surface area contributed by atoms with E-state index in [0.717, 1.165) is 51.0 Å². The largest absolute Gasteiger partial charge is 0.494 e. The van der Waals surface area contributed by atoms with E-state index in [1.54, 1.807) is 0 Å². The first-order valence-electron chi connectivity index (χ1n) is 8.50. The van der Waals surface area contributed by atoms with Crippen molar-refractivity contribution in [3.05, 3.63) is 29.8 Å². The summed E-state index contributed by atoms with van der Waals surface area (Å²) < 4.78 is 10.8. The standard InChI is InChI=1S/C18H31N3O2/c1-5-19-18(20-13-8-14-22-6-2)21(4)15-16-9-11-17(12-10-16)23-7-3/h9-12H,5-8,13-15H2,1-4H3,(H,19,20). The van der Waals surface area contributed by atoms with Gasteiger partial charge in [-0.15, -0.1) is 0 Å². The van der Waals surface area contributed by atoms with Gasteiger partial charge in [-0.1, -0.05) is 12.1 Å². The number of hydrogen-bond acceptors (Lipinski definition) is 3. The molecule has 5 nitrogen and oxygen atoms in total. The Morgan fingerprint density at radius 3 is 2.48 bits per heavy atom. The molecule has 0 aliphatic heterocycles. The van der Waals surface area contributed by atoms with Crippen LogP contribution in [0.25, 0.3) is 0 Å². The Kier molecular flexibility index (Phi) is 9.87. The molecule has 23 heavy (non-hydrogen) atoms. The van der Waals surface area contributed by atoms with Crippen LogP contribution in [0, 0.1) is 0 Å². The number of rotatable bonds is 10. The average molecular weight is 321 g/mol. The Morgan fingerprint density at radius 2 is 1.87 bits per heavy atom. The molecule has 0 atom stereocenters. The van der Waals surface area contributed by atoms with Crippen LogP contribution in [0.5, 0.6) is 5.75 Å². The second-order valence-electron chi connectivity index (χ2n) is 5.22. The lowest BCUT2D eigenvalue weighted by molar-refractivity contribution is 0.146. The van der Waals surface area contributed by atoms with E-state index in [0.29, 0.717) is 6.61 Å². The van der Waals surface area contributed by atoms with E-state index in [2.05, 4.69) is 41.3 Å². The zero-order valence-corrected chi connectivity index (χ0v) is 15.0. The highest BCUT2D eigenvalue weighted by Gasteiger charge is 2.06. The third kappa shape index (κ3) is 7.88. The maximum atomic E-state index is 5.48. The van der Waals surface area contributed by atoms with Gasteiger partial charge < -0.3 is 19.7 Å². The van der Waals surface area contributed by atoms with E-state index in [1.165, 1.54) is 5.56 Å². The molecule has 0 spiro atoms. The first-order chi connectivity index (χ1) is 11.2. The predicted octanol–water partition coefficient (Wildman–Crippen LogP) is 2.91. The molecule has 0 unspecified atom stereocenters. The van der Waals surface area contributed by atoms with Gasteiger partial charge >= 0.3 is 0 Å². The van der Waals surface area contributed by atoms with Gasteiger partial charge in [-0.2, -0.15) is 0 Å². The van der Waals surface area contributed by atoms with Crippen LogP contribution in [0.4, 0.5) is 0 Å². The van der Waals surface area contributed by atoms with Crippen LogP contribution in [0.15, 0.2) is 29.3 Å². The van der Waals surface area contributed by atoms with Crippen LogP contribution >= 0.6 is 0 Å². The zero-order chi connectivity index (χ0) is 16.9. The molecule has 0 amide bonds. The molecular weight excluding hydrogens is 290 g/mol. The second-order valence-corrected chi connectivity index (χ2v) is 5.22. The minimum atomic E-state index is 0.693.